The fraction of sp³-hybridized carbons (Fsp3) is 0.0588. The van der Waals surface area contributed by atoms with Crippen LogP contribution in [0.5, 0.6) is 5.75 Å². The zero-order chi connectivity index (χ0) is 13.5. The summed E-state index contributed by atoms with van der Waals surface area (Å²) in [6.45, 7) is 0. The van der Waals surface area contributed by atoms with E-state index in [1.165, 1.54) is 10.8 Å². The van der Waals surface area contributed by atoms with Crippen LogP contribution in [0, 0.1) is 0 Å². The van der Waals surface area contributed by atoms with Gasteiger partial charge in [0.2, 0.25) is 0 Å². The van der Waals surface area contributed by atoms with Crippen LogP contribution in [0.1, 0.15) is 11.8 Å². The molecular formula is C17H12ClNO. The Kier molecular flexibility index (Phi) is 2.57. The van der Waals surface area contributed by atoms with Crippen LogP contribution in [-0.2, 0) is 0 Å². The van der Waals surface area contributed by atoms with E-state index in [1.54, 1.807) is 0 Å². The van der Waals surface area contributed by atoms with Crippen LogP contribution < -0.4 is 10.1 Å². The topological polar surface area (TPSA) is 21.3 Å². The molecule has 2 nitrogen and oxygen atoms in total. The minimum atomic E-state index is -0.172. The summed E-state index contributed by atoms with van der Waals surface area (Å²) in [5.74, 6) is 0.801. The zero-order valence-electron chi connectivity index (χ0n) is 10.6. The monoisotopic (exact) mass is 281 g/mol. The summed E-state index contributed by atoms with van der Waals surface area (Å²) in [6.07, 6.45) is -0.172. The van der Waals surface area contributed by atoms with Crippen molar-refractivity contribution in [3.8, 4) is 5.75 Å². The molecule has 3 aromatic carbocycles. The molecule has 0 amide bonds. The number of hydrogen-bond acceptors (Lipinski definition) is 2. The number of halogens is 1. The Morgan fingerprint density at radius 2 is 1.80 bits per heavy atom. The molecule has 0 aromatic heterocycles. The second kappa shape index (κ2) is 4.43. The van der Waals surface area contributed by atoms with E-state index in [2.05, 4.69) is 35.6 Å². The molecule has 1 heterocycles. The smallest absolute Gasteiger partial charge is 0.197 e. The highest BCUT2D eigenvalue weighted by Gasteiger charge is 2.24. The van der Waals surface area contributed by atoms with Gasteiger partial charge in [-0.1, -0.05) is 54.1 Å². The van der Waals surface area contributed by atoms with Gasteiger partial charge in [-0.3, -0.25) is 0 Å². The van der Waals surface area contributed by atoms with Crippen molar-refractivity contribution >= 4 is 28.1 Å². The van der Waals surface area contributed by atoms with Crippen molar-refractivity contribution in [2.24, 2.45) is 0 Å². The fourth-order valence-electron chi connectivity index (χ4n) is 2.63. The maximum atomic E-state index is 6.00. The standard InChI is InChI=1S/C17H12ClNO/c18-12-8-9-15-16(10-12)20-17(19-15)14-7-3-5-11-4-1-2-6-13(11)14/h1-10,17,19H. The van der Waals surface area contributed by atoms with Gasteiger partial charge in [0, 0.05) is 16.7 Å². The predicted molar refractivity (Wildman–Crippen MR) is 82.4 cm³/mol. The Balaban J connectivity index is 1.79. The molecule has 1 aliphatic heterocycles. The molecule has 3 heteroatoms. The van der Waals surface area contributed by atoms with Crippen molar-refractivity contribution < 1.29 is 4.74 Å². The second-order valence-electron chi connectivity index (χ2n) is 4.85. The molecule has 20 heavy (non-hydrogen) atoms. The van der Waals surface area contributed by atoms with E-state index in [0.717, 1.165) is 17.0 Å². The highest BCUT2D eigenvalue weighted by Crippen LogP contribution is 2.40. The normalized spacial score (nSPS) is 16.6. The van der Waals surface area contributed by atoms with E-state index in [9.17, 15) is 0 Å². The number of rotatable bonds is 1. The van der Waals surface area contributed by atoms with Crippen molar-refractivity contribution in [3.05, 3.63) is 71.2 Å². The minimum Gasteiger partial charge on any atom is -0.464 e. The molecule has 1 N–H and O–H groups in total. The second-order valence-corrected chi connectivity index (χ2v) is 5.29. The third kappa shape index (κ3) is 1.81. The first-order valence-electron chi connectivity index (χ1n) is 6.52. The van der Waals surface area contributed by atoms with Gasteiger partial charge in [-0.15, -0.1) is 0 Å². The van der Waals surface area contributed by atoms with Crippen molar-refractivity contribution in [1.82, 2.24) is 0 Å². The highest BCUT2D eigenvalue weighted by molar-refractivity contribution is 6.30. The summed E-state index contributed by atoms with van der Waals surface area (Å²) in [4.78, 5) is 0. The molecule has 0 radical (unpaired) electrons. The lowest BCUT2D eigenvalue weighted by Gasteiger charge is -2.14. The van der Waals surface area contributed by atoms with Crippen LogP contribution in [0.2, 0.25) is 5.02 Å². The van der Waals surface area contributed by atoms with Crippen LogP contribution in [-0.4, -0.2) is 0 Å². The largest absolute Gasteiger partial charge is 0.464 e. The van der Waals surface area contributed by atoms with Crippen LogP contribution in [0.25, 0.3) is 10.8 Å². The quantitative estimate of drug-likeness (QED) is 0.678. The van der Waals surface area contributed by atoms with Crippen molar-refractivity contribution in [1.29, 1.82) is 0 Å². The Hall–Kier alpha value is -2.19. The summed E-state index contributed by atoms with van der Waals surface area (Å²) in [6, 6.07) is 20.2. The SMILES string of the molecule is Clc1ccc2c(c1)OC(c1cccc3ccccc13)N2. The summed E-state index contributed by atoms with van der Waals surface area (Å²) >= 11 is 6.00. The third-order valence-electron chi connectivity index (χ3n) is 3.58. The first kappa shape index (κ1) is 11.6. The van der Waals surface area contributed by atoms with Gasteiger partial charge in [0.05, 0.1) is 5.69 Å². The van der Waals surface area contributed by atoms with Gasteiger partial charge in [0.1, 0.15) is 5.75 Å². The van der Waals surface area contributed by atoms with Crippen LogP contribution >= 0.6 is 11.6 Å². The fourth-order valence-corrected chi connectivity index (χ4v) is 2.79. The number of anilines is 1. The number of hydrogen-bond donors (Lipinski definition) is 1. The Morgan fingerprint density at radius 3 is 2.75 bits per heavy atom. The molecule has 0 saturated carbocycles. The summed E-state index contributed by atoms with van der Waals surface area (Å²) < 4.78 is 5.99. The summed E-state index contributed by atoms with van der Waals surface area (Å²) in [7, 11) is 0. The molecular weight excluding hydrogens is 270 g/mol. The van der Waals surface area contributed by atoms with E-state index in [0.29, 0.717) is 5.02 Å². The molecule has 0 aliphatic carbocycles. The lowest BCUT2D eigenvalue weighted by atomic mass is 10.0. The first-order chi connectivity index (χ1) is 9.81. The zero-order valence-corrected chi connectivity index (χ0v) is 11.4. The van der Waals surface area contributed by atoms with Gasteiger partial charge in [0.15, 0.2) is 6.23 Å². The molecule has 1 unspecified atom stereocenters. The van der Waals surface area contributed by atoms with Gasteiger partial charge in [-0.2, -0.15) is 0 Å². The molecule has 0 fully saturated rings. The van der Waals surface area contributed by atoms with Crippen LogP contribution in [0.15, 0.2) is 60.7 Å². The van der Waals surface area contributed by atoms with Gasteiger partial charge in [-0.05, 0) is 22.9 Å². The third-order valence-corrected chi connectivity index (χ3v) is 3.82. The molecule has 98 valence electrons. The minimum absolute atomic E-state index is 0.172. The average molecular weight is 282 g/mol. The predicted octanol–water partition coefficient (Wildman–Crippen LogP) is 5.00. The lowest BCUT2D eigenvalue weighted by molar-refractivity contribution is 0.261. The number of benzene rings is 3. The van der Waals surface area contributed by atoms with Crippen molar-refractivity contribution in [2.75, 3.05) is 5.32 Å². The highest BCUT2D eigenvalue weighted by atomic mass is 35.5. The average Bonchev–Trinajstić information content (AvgIpc) is 2.89. The Morgan fingerprint density at radius 1 is 0.950 bits per heavy atom. The molecule has 1 atom stereocenters. The summed E-state index contributed by atoms with van der Waals surface area (Å²) in [5, 5.41) is 6.49. The van der Waals surface area contributed by atoms with Gasteiger partial charge < -0.3 is 10.1 Å². The molecule has 1 aliphatic rings. The Bertz CT molecular complexity index is 795. The van der Waals surface area contributed by atoms with Crippen LogP contribution in [0.4, 0.5) is 5.69 Å². The Labute approximate surface area is 121 Å². The molecule has 0 bridgehead atoms. The van der Waals surface area contributed by atoms with Crippen molar-refractivity contribution in [3.63, 3.8) is 0 Å². The molecule has 4 rings (SSSR count). The first-order valence-corrected chi connectivity index (χ1v) is 6.89. The van der Waals surface area contributed by atoms with E-state index >= 15 is 0 Å². The maximum absolute atomic E-state index is 6.00. The molecule has 0 saturated heterocycles. The van der Waals surface area contributed by atoms with Gasteiger partial charge in [-0.25, -0.2) is 0 Å². The van der Waals surface area contributed by atoms with Gasteiger partial charge in [0.25, 0.3) is 0 Å². The van der Waals surface area contributed by atoms with E-state index in [4.69, 9.17) is 16.3 Å². The van der Waals surface area contributed by atoms with Crippen molar-refractivity contribution in [2.45, 2.75) is 6.23 Å². The summed E-state index contributed by atoms with van der Waals surface area (Å²) in [5.41, 5.74) is 2.11. The van der Waals surface area contributed by atoms with Gasteiger partial charge >= 0.3 is 0 Å². The molecule has 3 aromatic rings. The molecule has 0 spiro atoms. The lowest BCUT2D eigenvalue weighted by Crippen LogP contribution is -2.10. The maximum Gasteiger partial charge on any atom is 0.197 e. The number of fused-ring (bicyclic) bond motifs is 2. The van der Waals surface area contributed by atoms with E-state index < -0.39 is 0 Å². The van der Waals surface area contributed by atoms with E-state index in [-0.39, 0.29) is 6.23 Å². The number of nitrogens with one attached hydrogen (secondary N) is 1. The van der Waals surface area contributed by atoms with Crippen LogP contribution in [0.3, 0.4) is 0 Å². The number of ether oxygens (including phenoxy) is 1. The van der Waals surface area contributed by atoms with E-state index in [1.807, 2.05) is 30.3 Å².